The molecule has 1 nitrogen and oxygen atoms in total. The van der Waals surface area contributed by atoms with Crippen LogP contribution in [-0.2, 0) is 4.74 Å². The molecule has 0 radical (unpaired) electrons. The summed E-state index contributed by atoms with van der Waals surface area (Å²) in [4.78, 5) is 1.36. The van der Waals surface area contributed by atoms with E-state index < -0.39 is 0 Å². The van der Waals surface area contributed by atoms with E-state index in [4.69, 9.17) is 4.74 Å². The first-order valence-corrected chi connectivity index (χ1v) is 7.60. The van der Waals surface area contributed by atoms with Gasteiger partial charge in [0.1, 0.15) is 5.44 Å². The summed E-state index contributed by atoms with van der Waals surface area (Å²) < 4.78 is 5.58. The maximum atomic E-state index is 5.58. The fraction of sp³-hybridized carbons (Fsp3) is 0.294. The van der Waals surface area contributed by atoms with Crippen molar-refractivity contribution in [1.82, 2.24) is 0 Å². The lowest BCUT2D eigenvalue weighted by atomic mass is 9.87. The molecule has 0 aliphatic carbocycles. The van der Waals surface area contributed by atoms with E-state index in [0.29, 0.717) is 5.92 Å². The number of benzene rings is 2. The van der Waals surface area contributed by atoms with Gasteiger partial charge in [-0.05, 0) is 30.0 Å². The summed E-state index contributed by atoms with van der Waals surface area (Å²) in [6.45, 7) is 0. The van der Waals surface area contributed by atoms with Crippen LogP contribution < -0.4 is 0 Å². The minimum absolute atomic E-state index is 0.273. The maximum Gasteiger partial charge on any atom is 0.107 e. The lowest BCUT2D eigenvalue weighted by molar-refractivity contribution is 0.164. The van der Waals surface area contributed by atoms with Gasteiger partial charge in [-0.1, -0.05) is 60.3 Å². The number of rotatable bonds is 2. The number of ether oxygens (including phenoxy) is 1. The number of methoxy groups -OCH3 is 1. The highest BCUT2D eigenvalue weighted by Gasteiger charge is 2.24. The molecule has 0 aromatic heterocycles. The molecule has 19 heavy (non-hydrogen) atoms. The zero-order valence-electron chi connectivity index (χ0n) is 11.1. The Labute approximate surface area is 119 Å². The highest BCUT2D eigenvalue weighted by molar-refractivity contribution is 7.99. The Hall–Kier alpha value is -1.25. The molecule has 0 saturated carbocycles. The second-order valence-corrected chi connectivity index (χ2v) is 6.06. The molecule has 0 N–H and O–H groups in total. The molecule has 0 spiro atoms. The quantitative estimate of drug-likeness (QED) is 0.783. The van der Waals surface area contributed by atoms with Crippen LogP contribution in [0.2, 0.25) is 0 Å². The van der Waals surface area contributed by atoms with Crippen LogP contribution in [0.5, 0.6) is 0 Å². The molecule has 2 aromatic carbocycles. The van der Waals surface area contributed by atoms with Crippen molar-refractivity contribution in [3.8, 4) is 0 Å². The van der Waals surface area contributed by atoms with Crippen LogP contribution in [0.4, 0.5) is 0 Å². The van der Waals surface area contributed by atoms with E-state index in [9.17, 15) is 0 Å². The van der Waals surface area contributed by atoms with E-state index in [1.54, 1.807) is 0 Å². The highest BCUT2D eigenvalue weighted by Crippen LogP contribution is 2.42. The van der Waals surface area contributed by atoms with Crippen LogP contribution in [0.15, 0.2) is 59.5 Å². The Morgan fingerprint density at radius 1 is 0.947 bits per heavy atom. The van der Waals surface area contributed by atoms with Crippen molar-refractivity contribution in [3.63, 3.8) is 0 Å². The van der Waals surface area contributed by atoms with Crippen LogP contribution in [0.3, 0.4) is 0 Å². The van der Waals surface area contributed by atoms with Crippen molar-refractivity contribution in [2.75, 3.05) is 7.11 Å². The van der Waals surface area contributed by atoms with Gasteiger partial charge in [-0.25, -0.2) is 0 Å². The molecule has 1 aliphatic rings. The van der Waals surface area contributed by atoms with Gasteiger partial charge < -0.3 is 4.74 Å². The van der Waals surface area contributed by atoms with Crippen molar-refractivity contribution >= 4 is 11.8 Å². The molecule has 2 aromatic rings. The fourth-order valence-corrected chi connectivity index (χ4v) is 3.87. The molecular formula is C17H18OS. The van der Waals surface area contributed by atoms with Gasteiger partial charge in [0, 0.05) is 17.9 Å². The third-order valence-corrected chi connectivity index (χ3v) is 5.03. The molecule has 3 rings (SSSR count). The lowest BCUT2D eigenvalue weighted by Crippen LogP contribution is -2.05. The Kier molecular flexibility index (Phi) is 3.90. The first-order chi connectivity index (χ1) is 9.38. The number of fused-ring (bicyclic) bond motifs is 1. The number of hydrogen-bond acceptors (Lipinski definition) is 2. The molecule has 0 saturated heterocycles. The summed E-state index contributed by atoms with van der Waals surface area (Å²) in [5, 5.41) is 0. The van der Waals surface area contributed by atoms with Crippen LogP contribution in [0.1, 0.15) is 29.9 Å². The van der Waals surface area contributed by atoms with E-state index >= 15 is 0 Å². The molecule has 98 valence electrons. The van der Waals surface area contributed by atoms with Crippen LogP contribution in [0.25, 0.3) is 0 Å². The maximum absolute atomic E-state index is 5.58. The predicted molar refractivity (Wildman–Crippen MR) is 80.6 cm³/mol. The molecule has 2 atom stereocenters. The third kappa shape index (κ3) is 2.70. The Balaban J connectivity index is 2.02. The van der Waals surface area contributed by atoms with Crippen molar-refractivity contribution in [3.05, 3.63) is 65.7 Å². The highest BCUT2D eigenvalue weighted by atomic mass is 32.2. The standard InChI is InChI=1S/C17H18OS/c1-18-17-12-11-14(13-7-3-2-4-8-13)15-9-5-6-10-16(15)19-17/h2-10,14,17H,11-12H2,1H3. The van der Waals surface area contributed by atoms with Crippen LogP contribution in [0, 0.1) is 0 Å². The molecule has 2 unspecified atom stereocenters. The molecule has 1 aliphatic heterocycles. The summed E-state index contributed by atoms with van der Waals surface area (Å²) in [6, 6.07) is 19.5. The van der Waals surface area contributed by atoms with Gasteiger partial charge in [-0.3, -0.25) is 0 Å². The second kappa shape index (κ2) is 5.81. The molecule has 0 amide bonds. The van der Waals surface area contributed by atoms with E-state index in [1.165, 1.54) is 16.0 Å². The fourth-order valence-electron chi connectivity index (χ4n) is 2.73. The monoisotopic (exact) mass is 270 g/mol. The first kappa shape index (κ1) is 12.8. The van der Waals surface area contributed by atoms with E-state index in [0.717, 1.165) is 12.8 Å². The van der Waals surface area contributed by atoms with Gasteiger partial charge in [-0.2, -0.15) is 0 Å². The van der Waals surface area contributed by atoms with Gasteiger partial charge in [0.2, 0.25) is 0 Å². The minimum Gasteiger partial charge on any atom is -0.370 e. The number of thioether (sulfide) groups is 1. The third-order valence-electron chi connectivity index (χ3n) is 3.71. The van der Waals surface area contributed by atoms with Crippen LogP contribution >= 0.6 is 11.8 Å². The minimum atomic E-state index is 0.273. The van der Waals surface area contributed by atoms with Crippen LogP contribution in [-0.4, -0.2) is 12.5 Å². The summed E-state index contributed by atoms with van der Waals surface area (Å²) in [5.74, 6) is 0.491. The Morgan fingerprint density at radius 3 is 2.47 bits per heavy atom. The first-order valence-electron chi connectivity index (χ1n) is 6.72. The van der Waals surface area contributed by atoms with E-state index in [2.05, 4.69) is 54.6 Å². The van der Waals surface area contributed by atoms with Gasteiger partial charge in [-0.15, -0.1) is 0 Å². The average Bonchev–Trinajstić information content (AvgIpc) is 2.67. The molecule has 1 heterocycles. The normalized spacial score (nSPS) is 22.6. The van der Waals surface area contributed by atoms with Crippen molar-refractivity contribution in [2.24, 2.45) is 0 Å². The lowest BCUT2D eigenvalue weighted by Gasteiger charge is -2.17. The summed E-state index contributed by atoms with van der Waals surface area (Å²) in [7, 11) is 1.81. The van der Waals surface area contributed by atoms with Crippen molar-refractivity contribution in [2.45, 2.75) is 29.1 Å². The Morgan fingerprint density at radius 2 is 1.68 bits per heavy atom. The van der Waals surface area contributed by atoms with Crippen molar-refractivity contribution in [1.29, 1.82) is 0 Å². The average molecular weight is 270 g/mol. The molecule has 2 heteroatoms. The molecule has 0 fully saturated rings. The van der Waals surface area contributed by atoms with Gasteiger partial charge in [0.15, 0.2) is 0 Å². The topological polar surface area (TPSA) is 9.23 Å². The van der Waals surface area contributed by atoms with E-state index in [1.807, 2.05) is 18.9 Å². The van der Waals surface area contributed by atoms with Gasteiger partial charge in [0.25, 0.3) is 0 Å². The summed E-state index contributed by atoms with van der Waals surface area (Å²) in [6.07, 6.45) is 2.24. The predicted octanol–water partition coefficient (Wildman–Crippen LogP) is 4.68. The summed E-state index contributed by atoms with van der Waals surface area (Å²) >= 11 is 1.85. The Bertz CT molecular complexity index is 538. The second-order valence-electron chi connectivity index (χ2n) is 4.86. The van der Waals surface area contributed by atoms with Crippen molar-refractivity contribution < 1.29 is 4.74 Å². The van der Waals surface area contributed by atoms with Gasteiger partial charge >= 0.3 is 0 Å². The van der Waals surface area contributed by atoms with E-state index in [-0.39, 0.29) is 5.44 Å². The smallest absolute Gasteiger partial charge is 0.107 e. The molecule has 0 bridgehead atoms. The van der Waals surface area contributed by atoms with Gasteiger partial charge in [0.05, 0.1) is 0 Å². The SMILES string of the molecule is COC1CCC(c2ccccc2)c2ccccc2S1. The molecular weight excluding hydrogens is 252 g/mol. The number of hydrogen-bond donors (Lipinski definition) is 0. The largest absolute Gasteiger partial charge is 0.370 e. The zero-order chi connectivity index (χ0) is 13.1. The summed E-state index contributed by atoms with van der Waals surface area (Å²) in [5.41, 5.74) is 3.13. The zero-order valence-corrected chi connectivity index (χ0v) is 11.9.